The third kappa shape index (κ3) is 16.1. The maximum Gasteiger partial charge on any atom is 0 e. The summed E-state index contributed by atoms with van der Waals surface area (Å²) in [5.74, 6) is 0. The first-order chi connectivity index (χ1) is 9.47. The standard InChI is InChI=1S/C8H7N.5CO.Cr/c1-2-4-8-6-9-5-7(8)3-1;5*1-2;/h1-5H,6H2;;;;;;. The van der Waals surface area contributed by atoms with Gasteiger partial charge in [0.1, 0.15) is 0 Å². The quantitative estimate of drug-likeness (QED) is 0.510. The number of aliphatic imine (C=N–C) groups is 1. The average Bonchev–Trinajstić information content (AvgIpc) is 3.05. The van der Waals surface area contributed by atoms with Crippen LogP contribution in [-0.4, -0.2) is 6.21 Å². The maximum absolute atomic E-state index is 7.50. The van der Waals surface area contributed by atoms with Crippen molar-refractivity contribution in [3.05, 3.63) is 68.6 Å². The van der Waals surface area contributed by atoms with Gasteiger partial charge in [0.15, 0.2) is 0 Å². The second-order valence-electron chi connectivity index (χ2n) is 2.17. The summed E-state index contributed by atoms with van der Waals surface area (Å²) in [7, 11) is 0. The molecule has 6 nitrogen and oxygen atoms in total. The molecule has 0 bridgehead atoms. The minimum absolute atomic E-state index is 0. The molecule has 100 valence electrons. The van der Waals surface area contributed by atoms with E-state index in [1.807, 2.05) is 18.3 Å². The van der Waals surface area contributed by atoms with Crippen LogP contribution in [0.2, 0.25) is 0 Å². The van der Waals surface area contributed by atoms with Crippen LogP contribution in [0.25, 0.3) is 0 Å². The van der Waals surface area contributed by atoms with Gasteiger partial charge in [-0.1, -0.05) is 24.3 Å². The van der Waals surface area contributed by atoms with Crippen molar-refractivity contribution in [3.63, 3.8) is 0 Å². The number of benzene rings is 1. The Bertz CT molecular complexity index is 411. The Morgan fingerprint density at radius 2 is 1.15 bits per heavy atom. The molecule has 7 heteroatoms. The number of hydrogen-bond acceptors (Lipinski definition) is 1. The summed E-state index contributed by atoms with van der Waals surface area (Å²) in [5.41, 5.74) is 2.62. The summed E-state index contributed by atoms with van der Waals surface area (Å²) in [4.78, 5) is 4.13. The Balaban J connectivity index is -0.0000000593. The van der Waals surface area contributed by atoms with E-state index in [0.717, 1.165) is 6.54 Å². The second-order valence-corrected chi connectivity index (χ2v) is 2.17. The van der Waals surface area contributed by atoms with E-state index in [-0.39, 0.29) is 17.4 Å². The van der Waals surface area contributed by atoms with Gasteiger partial charge in [0.2, 0.25) is 0 Å². The summed E-state index contributed by atoms with van der Waals surface area (Å²) in [5, 5.41) is 0. The SMILES string of the molecule is C1=NCc2ccccc21.[C-]#[O+].[C-]#[O+].[C-]#[O+].[C-]#[O+].[C-]#[O+].[Cr]. The smallest absolute Gasteiger partial charge is 0 e. The van der Waals surface area contributed by atoms with Crippen LogP contribution in [0.3, 0.4) is 0 Å². The fraction of sp³-hybridized carbons (Fsp3) is 0.0769. The summed E-state index contributed by atoms with van der Waals surface area (Å²) < 4.78 is 37.5. The van der Waals surface area contributed by atoms with Crippen molar-refractivity contribution in [3.8, 4) is 0 Å². The monoisotopic (exact) mass is 309 g/mol. The molecule has 0 spiro atoms. The van der Waals surface area contributed by atoms with Crippen molar-refractivity contribution in [1.29, 1.82) is 0 Å². The topological polar surface area (TPSA) is 112 Å². The minimum Gasteiger partial charge on any atom is 0 e. The van der Waals surface area contributed by atoms with Gasteiger partial charge in [0.05, 0.1) is 6.54 Å². The molecule has 1 aromatic rings. The molecular weight excluding hydrogens is 302 g/mol. The maximum atomic E-state index is 7.50. The first-order valence-corrected chi connectivity index (χ1v) is 4.06. The largest absolute Gasteiger partial charge is 0 e. The molecule has 1 aromatic carbocycles. The van der Waals surface area contributed by atoms with Crippen LogP contribution in [0.4, 0.5) is 0 Å². The van der Waals surface area contributed by atoms with Gasteiger partial charge in [0, 0.05) is 23.6 Å². The first-order valence-electron chi connectivity index (χ1n) is 4.06. The van der Waals surface area contributed by atoms with Crippen molar-refractivity contribution in [1.82, 2.24) is 0 Å². The fourth-order valence-corrected chi connectivity index (χ4v) is 1.05. The van der Waals surface area contributed by atoms with Gasteiger partial charge in [-0.25, -0.2) is 0 Å². The van der Waals surface area contributed by atoms with Gasteiger partial charge in [-0.15, -0.1) is 0 Å². The number of fused-ring (bicyclic) bond motifs is 1. The Hall–Kier alpha value is -1.88. The molecule has 0 amide bonds. The van der Waals surface area contributed by atoms with Gasteiger partial charge in [0.25, 0.3) is 0 Å². The number of rotatable bonds is 0. The zero-order valence-electron chi connectivity index (χ0n) is 9.99. The minimum atomic E-state index is 0. The Morgan fingerprint density at radius 1 is 0.750 bits per heavy atom. The molecular formula is C13H7CrNO5. The number of nitrogens with zero attached hydrogens (tertiary/aromatic N) is 1. The molecule has 0 saturated carbocycles. The van der Waals surface area contributed by atoms with Crippen molar-refractivity contribution in [2.45, 2.75) is 6.54 Å². The molecule has 20 heavy (non-hydrogen) atoms. The fourth-order valence-electron chi connectivity index (χ4n) is 1.05. The molecule has 1 aliphatic heterocycles. The van der Waals surface area contributed by atoms with Gasteiger partial charge >= 0.3 is 56.5 Å². The predicted molar refractivity (Wildman–Crippen MR) is 57.4 cm³/mol. The van der Waals surface area contributed by atoms with E-state index in [2.05, 4.69) is 50.4 Å². The molecule has 0 fully saturated rings. The third-order valence-electron chi connectivity index (χ3n) is 1.55. The first kappa shape index (κ1) is 30.9. The van der Waals surface area contributed by atoms with Gasteiger partial charge in [-0.2, -0.15) is 0 Å². The van der Waals surface area contributed by atoms with E-state index >= 15 is 0 Å². The average molecular weight is 309 g/mol. The molecule has 0 aliphatic carbocycles. The van der Waals surface area contributed by atoms with Crippen LogP contribution >= 0.6 is 0 Å². The Kier molecular flexibility index (Phi) is 55.5. The van der Waals surface area contributed by atoms with Crippen LogP contribution in [0.1, 0.15) is 11.1 Å². The molecule has 1 aliphatic rings. The molecule has 2 rings (SSSR count). The summed E-state index contributed by atoms with van der Waals surface area (Å²) in [6.45, 7) is 23.4. The van der Waals surface area contributed by atoms with Crippen LogP contribution in [-0.2, 0) is 47.2 Å². The normalized spacial score (nSPS) is 6.70. The van der Waals surface area contributed by atoms with Crippen LogP contribution < -0.4 is 0 Å². The van der Waals surface area contributed by atoms with Gasteiger partial charge in [-0.3, -0.25) is 4.99 Å². The van der Waals surface area contributed by atoms with E-state index in [4.69, 9.17) is 23.3 Å². The van der Waals surface area contributed by atoms with E-state index in [9.17, 15) is 0 Å². The Morgan fingerprint density at radius 3 is 1.55 bits per heavy atom. The molecule has 0 radical (unpaired) electrons. The van der Waals surface area contributed by atoms with E-state index < -0.39 is 0 Å². The van der Waals surface area contributed by atoms with Gasteiger partial charge in [-0.05, 0) is 11.1 Å². The zero-order chi connectivity index (χ0) is 16.1. The van der Waals surface area contributed by atoms with E-state index in [1.165, 1.54) is 11.1 Å². The molecule has 1 heterocycles. The predicted octanol–water partition coefficient (Wildman–Crippen LogP) is 1.43. The second kappa shape index (κ2) is 36.0. The van der Waals surface area contributed by atoms with Gasteiger partial charge < -0.3 is 0 Å². The van der Waals surface area contributed by atoms with Crippen LogP contribution in [0.15, 0.2) is 29.3 Å². The molecule has 0 atom stereocenters. The third-order valence-corrected chi connectivity index (χ3v) is 1.55. The molecule has 0 saturated heterocycles. The summed E-state index contributed by atoms with van der Waals surface area (Å²) in [6, 6.07) is 8.29. The Labute approximate surface area is 127 Å². The molecule has 0 N–H and O–H groups in total. The van der Waals surface area contributed by atoms with Crippen LogP contribution in [0.5, 0.6) is 0 Å². The van der Waals surface area contributed by atoms with Crippen LogP contribution in [0, 0.1) is 33.3 Å². The van der Waals surface area contributed by atoms with Crippen molar-refractivity contribution in [2.24, 2.45) is 4.99 Å². The van der Waals surface area contributed by atoms with E-state index in [1.54, 1.807) is 0 Å². The van der Waals surface area contributed by atoms with Crippen molar-refractivity contribution in [2.75, 3.05) is 0 Å². The summed E-state index contributed by atoms with van der Waals surface area (Å²) in [6.07, 6.45) is 1.93. The van der Waals surface area contributed by atoms with Crippen molar-refractivity contribution >= 4 is 6.21 Å². The number of hydrogen-bond donors (Lipinski definition) is 0. The molecule has 0 aromatic heterocycles. The van der Waals surface area contributed by atoms with Crippen molar-refractivity contribution < 1.29 is 40.6 Å². The molecule has 0 unspecified atom stereocenters. The zero-order valence-corrected chi connectivity index (χ0v) is 11.3. The summed E-state index contributed by atoms with van der Waals surface area (Å²) >= 11 is 0. The van der Waals surface area contributed by atoms with E-state index in [0.29, 0.717) is 0 Å².